The number of carbonyl (C=O) groups excluding carboxylic acids is 3. The first-order valence-corrected chi connectivity index (χ1v) is 7.14. The summed E-state index contributed by atoms with van der Waals surface area (Å²) >= 11 is 0. The van der Waals surface area contributed by atoms with Crippen molar-refractivity contribution in [3.8, 4) is 0 Å². The zero-order chi connectivity index (χ0) is 15.3. The highest BCUT2D eigenvalue weighted by Crippen LogP contribution is 2.18. The van der Waals surface area contributed by atoms with E-state index in [0.717, 1.165) is 17.7 Å². The number of carbonyl (C=O) groups is 3. The Kier molecular flexibility index (Phi) is 5.92. The standard InChI is InChI=1S/C15H23NO4/c1-5-6-7-12(15(19)20-11(4)10(2)3)16-13(17)8-9-14(16)18/h8-12H,5-7H2,1-4H3. The van der Waals surface area contributed by atoms with Crippen LogP contribution in [0.5, 0.6) is 0 Å². The first-order chi connectivity index (χ1) is 9.38. The number of nitrogens with zero attached hydrogens (tertiary/aromatic N) is 1. The number of rotatable bonds is 7. The van der Waals surface area contributed by atoms with Crippen molar-refractivity contribution in [3.63, 3.8) is 0 Å². The predicted molar refractivity (Wildman–Crippen MR) is 74.7 cm³/mol. The lowest BCUT2D eigenvalue weighted by atomic mass is 10.1. The number of imide groups is 1. The minimum Gasteiger partial charge on any atom is -0.461 e. The zero-order valence-corrected chi connectivity index (χ0v) is 12.6. The van der Waals surface area contributed by atoms with Crippen LogP contribution in [0.1, 0.15) is 47.0 Å². The van der Waals surface area contributed by atoms with Gasteiger partial charge in [-0.2, -0.15) is 0 Å². The third-order valence-electron chi connectivity index (χ3n) is 3.50. The second-order valence-electron chi connectivity index (χ2n) is 5.42. The summed E-state index contributed by atoms with van der Waals surface area (Å²) in [7, 11) is 0. The SMILES string of the molecule is CCCCC(C(=O)OC(C)C(C)C)N1C(=O)C=CC1=O. The molecule has 0 aromatic rings. The monoisotopic (exact) mass is 281 g/mol. The van der Waals surface area contributed by atoms with Crippen molar-refractivity contribution >= 4 is 17.8 Å². The Bertz CT molecular complexity index is 396. The lowest BCUT2D eigenvalue weighted by Crippen LogP contribution is -2.46. The number of amides is 2. The van der Waals surface area contributed by atoms with Crippen molar-refractivity contribution in [2.45, 2.75) is 59.1 Å². The molecule has 1 aliphatic heterocycles. The van der Waals surface area contributed by atoms with Crippen LogP contribution in [0.15, 0.2) is 12.2 Å². The van der Waals surface area contributed by atoms with E-state index in [0.29, 0.717) is 6.42 Å². The molecule has 20 heavy (non-hydrogen) atoms. The van der Waals surface area contributed by atoms with E-state index in [-0.39, 0.29) is 12.0 Å². The molecule has 5 heteroatoms. The van der Waals surface area contributed by atoms with Gasteiger partial charge < -0.3 is 4.74 Å². The topological polar surface area (TPSA) is 63.7 Å². The third kappa shape index (κ3) is 3.92. The third-order valence-corrected chi connectivity index (χ3v) is 3.50. The predicted octanol–water partition coefficient (Wildman–Crippen LogP) is 2.06. The highest BCUT2D eigenvalue weighted by Gasteiger charge is 2.37. The van der Waals surface area contributed by atoms with Crippen molar-refractivity contribution in [2.24, 2.45) is 5.92 Å². The largest absolute Gasteiger partial charge is 0.461 e. The molecule has 0 spiro atoms. The minimum atomic E-state index is -0.814. The molecule has 0 aromatic heterocycles. The van der Waals surface area contributed by atoms with Crippen LogP contribution in [0.4, 0.5) is 0 Å². The summed E-state index contributed by atoms with van der Waals surface area (Å²) in [5, 5.41) is 0. The molecule has 2 unspecified atom stereocenters. The van der Waals surface area contributed by atoms with Crippen LogP contribution in [-0.2, 0) is 19.1 Å². The van der Waals surface area contributed by atoms with Crippen molar-refractivity contribution in [1.82, 2.24) is 4.90 Å². The number of hydrogen-bond acceptors (Lipinski definition) is 4. The van der Waals surface area contributed by atoms with E-state index < -0.39 is 23.8 Å². The maximum atomic E-state index is 12.2. The quantitative estimate of drug-likeness (QED) is 0.529. The van der Waals surface area contributed by atoms with Gasteiger partial charge in [-0.25, -0.2) is 4.79 Å². The number of unbranched alkanes of at least 4 members (excludes halogenated alkanes) is 1. The molecule has 0 bridgehead atoms. The Hall–Kier alpha value is -1.65. The van der Waals surface area contributed by atoms with Gasteiger partial charge in [0.05, 0.1) is 0 Å². The minimum absolute atomic E-state index is 0.189. The van der Waals surface area contributed by atoms with Crippen LogP contribution in [0, 0.1) is 5.92 Å². The van der Waals surface area contributed by atoms with Crippen molar-refractivity contribution in [3.05, 3.63) is 12.2 Å². The summed E-state index contributed by atoms with van der Waals surface area (Å²) in [5.41, 5.74) is 0. The van der Waals surface area contributed by atoms with E-state index in [1.54, 1.807) is 0 Å². The van der Waals surface area contributed by atoms with Crippen molar-refractivity contribution < 1.29 is 19.1 Å². The van der Waals surface area contributed by atoms with E-state index >= 15 is 0 Å². The summed E-state index contributed by atoms with van der Waals surface area (Å²) < 4.78 is 5.37. The molecule has 112 valence electrons. The molecule has 0 aliphatic carbocycles. The smallest absolute Gasteiger partial charge is 0.329 e. The summed E-state index contributed by atoms with van der Waals surface area (Å²) in [6.07, 6.45) is 4.23. The lowest BCUT2D eigenvalue weighted by Gasteiger charge is -2.27. The molecule has 2 atom stereocenters. The van der Waals surface area contributed by atoms with E-state index in [9.17, 15) is 14.4 Å². The summed E-state index contributed by atoms with van der Waals surface area (Å²) in [5.74, 6) is -1.19. The molecule has 2 amide bonds. The first-order valence-electron chi connectivity index (χ1n) is 7.14. The molecule has 1 rings (SSSR count). The van der Waals surface area contributed by atoms with Crippen LogP contribution in [0.3, 0.4) is 0 Å². The summed E-state index contributed by atoms with van der Waals surface area (Å²) in [6.45, 7) is 7.70. The lowest BCUT2D eigenvalue weighted by molar-refractivity contribution is -0.162. The number of hydrogen-bond donors (Lipinski definition) is 0. The fraction of sp³-hybridized carbons (Fsp3) is 0.667. The van der Waals surface area contributed by atoms with Gasteiger partial charge in [-0.05, 0) is 19.3 Å². The van der Waals surface area contributed by atoms with Gasteiger partial charge >= 0.3 is 5.97 Å². The van der Waals surface area contributed by atoms with Crippen LogP contribution in [0.25, 0.3) is 0 Å². The molecule has 0 aromatic carbocycles. The van der Waals surface area contributed by atoms with Gasteiger partial charge in [0.25, 0.3) is 11.8 Å². The van der Waals surface area contributed by atoms with E-state index in [1.165, 1.54) is 12.2 Å². The van der Waals surface area contributed by atoms with E-state index in [4.69, 9.17) is 4.74 Å². The van der Waals surface area contributed by atoms with Crippen LogP contribution in [0.2, 0.25) is 0 Å². The van der Waals surface area contributed by atoms with Gasteiger partial charge in [0.1, 0.15) is 12.1 Å². The average Bonchev–Trinajstić information content (AvgIpc) is 2.70. The molecule has 1 heterocycles. The van der Waals surface area contributed by atoms with Crippen LogP contribution in [-0.4, -0.2) is 34.8 Å². The molecule has 0 N–H and O–H groups in total. The highest BCUT2D eigenvalue weighted by atomic mass is 16.5. The number of esters is 1. The normalized spacial score (nSPS) is 17.8. The molecule has 0 saturated heterocycles. The van der Waals surface area contributed by atoms with Crippen LogP contribution < -0.4 is 0 Å². The van der Waals surface area contributed by atoms with Crippen LogP contribution >= 0.6 is 0 Å². The van der Waals surface area contributed by atoms with Gasteiger partial charge in [0.15, 0.2) is 0 Å². The van der Waals surface area contributed by atoms with Crippen molar-refractivity contribution in [2.75, 3.05) is 0 Å². The molecular formula is C15H23NO4. The Morgan fingerprint density at radius 2 is 1.75 bits per heavy atom. The Morgan fingerprint density at radius 1 is 1.20 bits per heavy atom. The van der Waals surface area contributed by atoms with Gasteiger partial charge in [-0.3, -0.25) is 14.5 Å². The fourth-order valence-electron chi connectivity index (χ4n) is 1.87. The maximum absolute atomic E-state index is 12.2. The Labute approximate surface area is 120 Å². The maximum Gasteiger partial charge on any atom is 0.329 e. The number of ether oxygens (including phenoxy) is 1. The second kappa shape index (κ2) is 7.22. The van der Waals surface area contributed by atoms with Gasteiger partial charge in [-0.1, -0.05) is 33.6 Å². The zero-order valence-electron chi connectivity index (χ0n) is 12.6. The Morgan fingerprint density at radius 3 is 2.20 bits per heavy atom. The molecule has 0 saturated carbocycles. The molecule has 0 fully saturated rings. The summed E-state index contributed by atoms with van der Waals surface area (Å²) in [4.78, 5) is 36.7. The highest BCUT2D eigenvalue weighted by molar-refractivity contribution is 6.14. The van der Waals surface area contributed by atoms with Crippen molar-refractivity contribution in [1.29, 1.82) is 0 Å². The van der Waals surface area contributed by atoms with Gasteiger partial charge in [0, 0.05) is 12.2 Å². The first kappa shape index (κ1) is 16.4. The fourth-order valence-corrected chi connectivity index (χ4v) is 1.87. The van der Waals surface area contributed by atoms with E-state index in [1.807, 2.05) is 27.7 Å². The molecule has 1 aliphatic rings. The van der Waals surface area contributed by atoms with Gasteiger partial charge in [-0.15, -0.1) is 0 Å². The molecular weight excluding hydrogens is 258 g/mol. The average molecular weight is 281 g/mol. The Balaban J connectivity index is 2.81. The van der Waals surface area contributed by atoms with E-state index in [2.05, 4.69) is 0 Å². The molecule has 0 radical (unpaired) electrons. The summed E-state index contributed by atoms with van der Waals surface area (Å²) in [6, 6.07) is -0.814. The van der Waals surface area contributed by atoms with Gasteiger partial charge in [0.2, 0.25) is 0 Å². The molecule has 5 nitrogen and oxygen atoms in total. The second-order valence-corrected chi connectivity index (χ2v) is 5.42.